The van der Waals surface area contributed by atoms with E-state index in [0.717, 1.165) is 0 Å². The molecule has 0 saturated heterocycles. The number of carboxylic acids is 1. The molecule has 0 fully saturated rings. The molecule has 0 heterocycles. The minimum Gasteiger partial charge on any atom is -0.545 e. The van der Waals surface area contributed by atoms with Gasteiger partial charge in [0, 0.05) is 0 Å². The van der Waals surface area contributed by atoms with Crippen molar-refractivity contribution in [3.63, 3.8) is 0 Å². The van der Waals surface area contributed by atoms with Gasteiger partial charge in [0.2, 0.25) is 0 Å². The van der Waals surface area contributed by atoms with Crippen LogP contribution in [0.3, 0.4) is 0 Å². The maximum absolute atomic E-state index is 9.49. The average molecular weight is 212 g/mol. The molecule has 0 aliphatic heterocycles. The van der Waals surface area contributed by atoms with Gasteiger partial charge in [-0.2, -0.15) is 0 Å². The second kappa shape index (κ2) is 9.71. The first-order chi connectivity index (χ1) is 6.57. The Labute approximate surface area is 113 Å². The van der Waals surface area contributed by atoms with Crippen LogP contribution in [0.4, 0.5) is 0 Å². The van der Waals surface area contributed by atoms with E-state index >= 15 is 0 Å². The number of carboxylic acid groups (broad SMARTS) is 1. The zero-order valence-electron chi connectivity index (χ0n) is 9.19. The molecule has 1 rings (SSSR count). The number of aliphatic carboxylic acids is 1. The van der Waals surface area contributed by atoms with Crippen molar-refractivity contribution in [1.29, 1.82) is 0 Å². The van der Waals surface area contributed by atoms with Gasteiger partial charge in [0.1, 0.15) is 0 Å². The van der Waals surface area contributed by atoms with Crippen LogP contribution in [-0.2, 0) is 4.79 Å². The van der Waals surface area contributed by atoms with E-state index in [4.69, 9.17) is 0 Å². The van der Waals surface area contributed by atoms with E-state index in [9.17, 15) is 9.90 Å². The molecule has 1 aromatic carbocycles. The predicted molar refractivity (Wildman–Crippen MR) is 56.4 cm³/mol. The van der Waals surface area contributed by atoms with E-state index in [1.54, 1.807) is 0 Å². The third kappa shape index (κ3) is 9.47. The van der Waals surface area contributed by atoms with Crippen LogP contribution in [0.2, 0.25) is 0 Å². The normalized spacial score (nSPS) is 7.53. The molecular formula is C12H13NaO2. The minimum absolute atomic E-state index is 0. The first-order valence-electron chi connectivity index (χ1n) is 4.12. The van der Waals surface area contributed by atoms with E-state index in [1.807, 2.05) is 36.4 Å². The van der Waals surface area contributed by atoms with Crippen molar-refractivity contribution in [3.8, 4) is 0 Å². The van der Waals surface area contributed by atoms with Crippen molar-refractivity contribution in [2.45, 2.75) is 6.92 Å². The van der Waals surface area contributed by atoms with Crippen LogP contribution < -0.4 is 34.7 Å². The summed E-state index contributed by atoms with van der Waals surface area (Å²) in [5.41, 5.74) is 1.24. The Balaban J connectivity index is 0. The van der Waals surface area contributed by atoms with Gasteiger partial charge in [0.05, 0.1) is 5.97 Å². The summed E-state index contributed by atoms with van der Waals surface area (Å²) in [5.74, 6) is -1.19. The van der Waals surface area contributed by atoms with Crippen molar-refractivity contribution in [2.75, 3.05) is 0 Å². The van der Waals surface area contributed by atoms with Crippen LogP contribution in [0.15, 0.2) is 49.1 Å². The molecule has 0 spiro atoms. The summed E-state index contributed by atoms with van der Waals surface area (Å²) in [7, 11) is 0. The quantitative estimate of drug-likeness (QED) is 0.449. The van der Waals surface area contributed by atoms with Gasteiger partial charge < -0.3 is 9.90 Å². The third-order valence-corrected chi connectivity index (χ3v) is 1.38. The van der Waals surface area contributed by atoms with E-state index in [0.29, 0.717) is 0 Å². The molecule has 0 bridgehead atoms. The molecule has 0 amide bonds. The largest absolute Gasteiger partial charge is 1.00 e. The smallest absolute Gasteiger partial charge is 0.545 e. The van der Waals surface area contributed by atoms with Gasteiger partial charge in [-0.1, -0.05) is 49.6 Å². The molecule has 0 radical (unpaired) electrons. The van der Waals surface area contributed by atoms with E-state index in [2.05, 4.69) is 13.2 Å². The van der Waals surface area contributed by atoms with Crippen LogP contribution in [0.1, 0.15) is 12.5 Å². The maximum atomic E-state index is 9.49. The van der Waals surface area contributed by atoms with E-state index in [-0.39, 0.29) is 35.1 Å². The van der Waals surface area contributed by atoms with Crippen molar-refractivity contribution in [1.82, 2.24) is 0 Å². The van der Waals surface area contributed by atoms with E-state index in [1.165, 1.54) is 12.5 Å². The molecule has 3 heteroatoms. The predicted octanol–water partition coefficient (Wildman–Crippen LogP) is -1.35. The molecule has 0 saturated carbocycles. The first-order valence-corrected chi connectivity index (χ1v) is 4.12. The van der Waals surface area contributed by atoms with Gasteiger partial charge in [0.25, 0.3) is 0 Å². The number of carbonyl (C=O) groups is 1. The fourth-order valence-electron chi connectivity index (χ4n) is 0.589. The number of hydrogen-bond donors (Lipinski definition) is 0. The Morgan fingerprint density at radius 1 is 1.33 bits per heavy atom. The Hall–Kier alpha value is -0.830. The number of rotatable bonds is 2. The second-order valence-corrected chi connectivity index (χ2v) is 2.68. The number of benzene rings is 1. The molecule has 74 valence electrons. The van der Waals surface area contributed by atoms with Crippen LogP contribution in [0.25, 0.3) is 6.08 Å². The zero-order valence-corrected chi connectivity index (χ0v) is 11.2. The van der Waals surface area contributed by atoms with Gasteiger partial charge in [-0.15, -0.1) is 0 Å². The summed E-state index contributed by atoms with van der Waals surface area (Å²) < 4.78 is 0. The molecule has 0 unspecified atom stereocenters. The van der Waals surface area contributed by atoms with Crippen LogP contribution >= 0.6 is 0 Å². The molecule has 0 N–H and O–H groups in total. The van der Waals surface area contributed by atoms with Crippen molar-refractivity contribution in [3.05, 3.63) is 54.6 Å². The Bertz CT molecular complexity index is 306. The van der Waals surface area contributed by atoms with Gasteiger partial charge in [0.15, 0.2) is 0 Å². The Morgan fingerprint density at radius 3 is 1.93 bits per heavy atom. The van der Waals surface area contributed by atoms with Crippen LogP contribution in [-0.4, -0.2) is 5.97 Å². The number of carbonyl (C=O) groups excluding carboxylic acids is 1. The minimum atomic E-state index is -1.19. The summed E-state index contributed by atoms with van der Waals surface area (Å²) in [6, 6.07) is 10.0. The van der Waals surface area contributed by atoms with Crippen LogP contribution in [0.5, 0.6) is 0 Å². The summed E-state index contributed by atoms with van der Waals surface area (Å²) in [6.07, 6.45) is 1.83. The standard InChI is InChI=1S/C8H8.C4H6O2.Na/c1-2-8-6-4-3-5-7-8;1-3(2)4(5)6;/h2-7H,1H2;1H2,2H3,(H,5,6);/q;;+1/p-1. The van der Waals surface area contributed by atoms with Crippen LogP contribution in [0, 0.1) is 0 Å². The topological polar surface area (TPSA) is 40.1 Å². The molecule has 1 aromatic rings. The first kappa shape index (κ1) is 16.6. The molecule has 0 atom stereocenters. The molecule has 0 aliphatic carbocycles. The molecule has 0 aromatic heterocycles. The van der Waals surface area contributed by atoms with Crippen molar-refractivity contribution in [2.24, 2.45) is 0 Å². The average Bonchev–Trinajstić information content (AvgIpc) is 2.20. The summed E-state index contributed by atoms with van der Waals surface area (Å²) in [4.78, 5) is 9.49. The summed E-state index contributed by atoms with van der Waals surface area (Å²) in [5, 5.41) is 9.49. The van der Waals surface area contributed by atoms with Crippen molar-refractivity contribution >= 4 is 12.0 Å². The molecule has 0 aliphatic rings. The molecule has 15 heavy (non-hydrogen) atoms. The van der Waals surface area contributed by atoms with Crippen molar-refractivity contribution < 1.29 is 39.5 Å². The Morgan fingerprint density at radius 2 is 1.73 bits per heavy atom. The molecular weight excluding hydrogens is 199 g/mol. The monoisotopic (exact) mass is 212 g/mol. The fourth-order valence-corrected chi connectivity index (χ4v) is 0.589. The SMILES string of the molecule is C=C(C)C(=O)[O-].C=Cc1ccccc1.[Na+]. The third-order valence-electron chi connectivity index (χ3n) is 1.38. The maximum Gasteiger partial charge on any atom is 1.00 e. The fraction of sp³-hybridized carbons (Fsp3) is 0.0833. The summed E-state index contributed by atoms with van der Waals surface area (Å²) in [6.45, 7) is 8.11. The zero-order chi connectivity index (χ0) is 11.0. The van der Waals surface area contributed by atoms with Gasteiger partial charge >= 0.3 is 29.6 Å². The van der Waals surface area contributed by atoms with Gasteiger partial charge in [-0.3, -0.25) is 0 Å². The summed E-state index contributed by atoms with van der Waals surface area (Å²) >= 11 is 0. The molecule has 2 nitrogen and oxygen atoms in total. The van der Waals surface area contributed by atoms with Gasteiger partial charge in [-0.05, 0) is 18.1 Å². The van der Waals surface area contributed by atoms with Gasteiger partial charge in [-0.25, -0.2) is 0 Å². The number of hydrogen-bond acceptors (Lipinski definition) is 2. The second-order valence-electron chi connectivity index (χ2n) is 2.68. The van der Waals surface area contributed by atoms with E-state index < -0.39 is 5.97 Å². The Kier molecular flexibility index (Phi) is 10.7.